The lowest BCUT2D eigenvalue weighted by Crippen LogP contribution is -2.37. The number of hydrogen-bond acceptors (Lipinski definition) is 3. The van der Waals surface area contributed by atoms with Crippen LogP contribution in [0.4, 0.5) is 11.4 Å². The van der Waals surface area contributed by atoms with Crippen LogP contribution in [0.2, 0.25) is 0 Å². The Bertz CT molecular complexity index is 437. The largest absolute Gasteiger partial charge is 0.381 e. The van der Waals surface area contributed by atoms with Crippen molar-refractivity contribution in [2.75, 3.05) is 36.5 Å². The Kier molecular flexibility index (Phi) is 5.02. The highest BCUT2D eigenvalue weighted by molar-refractivity contribution is 5.70. The number of nitrogens with one attached hydrogen (secondary N) is 1. The molecule has 2 aliphatic rings. The summed E-state index contributed by atoms with van der Waals surface area (Å²) in [5, 5.41) is 3.80. The number of ether oxygens (including phenoxy) is 1. The average Bonchev–Trinajstić information content (AvgIpc) is 2.57. The van der Waals surface area contributed by atoms with Crippen LogP contribution in [0.25, 0.3) is 0 Å². The molecule has 1 saturated carbocycles. The van der Waals surface area contributed by atoms with Crippen molar-refractivity contribution in [3.05, 3.63) is 24.3 Å². The molecule has 2 fully saturated rings. The number of nitrogens with zero attached hydrogens (tertiary/aromatic N) is 1. The molecule has 1 atom stereocenters. The molecule has 1 N–H and O–H groups in total. The third-order valence-corrected chi connectivity index (χ3v) is 5.00. The Balaban J connectivity index is 1.69. The van der Waals surface area contributed by atoms with Gasteiger partial charge in [0, 0.05) is 19.1 Å². The van der Waals surface area contributed by atoms with E-state index in [1.165, 1.54) is 43.5 Å². The van der Waals surface area contributed by atoms with E-state index in [1.807, 2.05) is 0 Å². The van der Waals surface area contributed by atoms with Crippen LogP contribution in [0.5, 0.6) is 0 Å². The lowest BCUT2D eigenvalue weighted by atomic mass is 9.84. The smallest absolute Gasteiger partial charge is 0.0642 e. The summed E-state index contributed by atoms with van der Waals surface area (Å²) < 4.78 is 5.48. The molecule has 1 aromatic carbocycles. The molecule has 0 bridgehead atoms. The van der Waals surface area contributed by atoms with Crippen molar-refractivity contribution in [1.82, 2.24) is 0 Å². The normalized spacial score (nSPS) is 22.0. The van der Waals surface area contributed by atoms with Crippen molar-refractivity contribution < 1.29 is 4.74 Å². The van der Waals surface area contributed by atoms with Gasteiger partial charge in [0.05, 0.1) is 24.6 Å². The molecule has 1 aliphatic heterocycles. The molecule has 1 saturated heterocycles. The predicted molar refractivity (Wildman–Crippen MR) is 89.1 cm³/mol. The zero-order chi connectivity index (χ0) is 14.5. The van der Waals surface area contributed by atoms with Crippen LogP contribution in [0.15, 0.2) is 24.3 Å². The predicted octanol–water partition coefficient (Wildman–Crippen LogP) is 3.90. The Labute approximate surface area is 128 Å². The van der Waals surface area contributed by atoms with Crippen LogP contribution >= 0.6 is 0 Å². The van der Waals surface area contributed by atoms with E-state index in [9.17, 15) is 0 Å². The van der Waals surface area contributed by atoms with E-state index in [4.69, 9.17) is 4.74 Å². The van der Waals surface area contributed by atoms with Crippen LogP contribution in [-0.2, 0) is 4.74 Å². The second-order valence-electron chi connectivity index (χ2n) is 6.45. The summed E-state index contributed by atoms with van der Waals surface area (Å²) in [4.78, 5) is 2.44. The average molecular weight is 288 g/mol. The fourth-order valence-corrected chi connectivity index (χ4v) is 3.67. The van der Waals surface area contributed by atoms with Gasteiger partial charge in [-0.05, 0) is 37.8 Å². The fourth-order valence-electron chi connectivity index (χ4n) is 3.67. The minimum Gasteiger partial charge on any atom is -0.381 e. The number of hydrogen-bond donors (Lipinski definition) is 1. The minimum absolute atomic E-state index is 0.562. The number of benzene rings is 1. The maximum Gasteiger partial charge on any atom is 0.0642 e. The van der Waals surface area contributed by atoms with Crippen molar-refractivity contribution in [2.45, 2.75) is 45.1 Å². The Hall–Kier alpha value is -1.22. The maximum atomic E-state index is 5.48. The first kappa shape index (κ1) is 14.7. The van der Waals surface area contributed by atoms with Gasteiger partial charge in [-0.15, -0.1) is 0 Å². The van der Waals surface area contributed by atoms with Gasteiger partial charge in [-0.1, -0.05) is 31.4 Å². The van der Waals surface area contributed by atoms with Crippen molar-refractivity contribution in [3.63, 3.8) is 0 Å². The van der Waals surface area contributed by atoms with E-state index in [0.29, 0.717) is 6.04 Å². The van der Waals surface area contributed by atoms with Crippen molar-refractivity contribution in [2.24, 2.45) is 5.92 Å². The summed E-state index contributed by atoms with van der Waals surface area (Å²) in [6.45, 7) is 6.03. The quantitative estimate of drug-likeness (QED) is 0.909. The van der Waals surface area contributed by atoms with E-state index in [1.54, 1.807) is 0 Å². The molecule has 0 radical (unpaired) electrons. The summed E-state index contributed by atoms with van der Waals surface area (Å²) in [6.07, 6.45) is 7.00. The third-order valence-electron chi connectivity index (χ3n) is 5.00. The zero-order valence-electron chi connectivity index (χ0n) is 13.2. The molecule has 21 heavy (non-hydrogen) atoms. The van der Waals surface area contributed by atoms with Gasteiger partial charge < -0.3 is 15.0 Å². The van der Waals surface area contributed by atoms with Gasteiger partial charge in [0.25, 0.3) is 0 Å². The highest BCUT2D eigenvalue weighted by atomic mass is 16.5. The minimum atomic E-state index is 0.562. The molecule has 1 heterocycles. The SMILES string of the molecule is CC(Nc1ccccc1N1CCOCC1)C1CCCCC1. The van der Waals surface area contributed by atoms with E-state index in [-0.39, 0.29) is 0 Å². The van der Waals surface area contributed by atoms with Gasteiger partial charge >= 0.3 is 0 Å². The number of para-hydroxylation sites is 2. The first-order valence-electron chi connectivity index (χ1n) is 8.53. The van der Waals surface area contributed by atoms with Crippen LogP contribution < -0.4 is 10.2 Å². The monoisotopic (exact) mass is 288 g/mol. The van der Waals surface area contributed by atoms with Crippen LogP contribution in [-0.4, -0.2) is 32.3 Å². The molecular formula is C18H28N2O. The van der Waals surface area contributed by atoms with Gasteiger partial charge in [-0.2, -0.15) is 0 Å². The van der Waals surface area contributed by atoms with E-state index < -0.39 is 0 Å². The second-order valence-corrected chi connectivity index (χ2v) is 6.45. The summed E-state index contributed by atoms with van der Waals surface area (Å²) in [5.41, 5.74) is 2.63. The lowest BCUT2D eigenvalue weighted by molar-refractivity contribution is 0.123. The molecule has 0 amide bonds. The van der Waals surface area contributed by atoms with Crippen LogP contribution in [0, 0.1) is 5.92 Å². The van der Waals surface area contributed by atoms with Gasteiger partial charge in [-0.25, -0.2) is 0 Å². The Morgan fingerprint density at radius 2 is 1.81 bits per heavy atom. The van der Waals surface area contributed by atoms with E-state index >= 15 is 0 Å². The summed E-state index contributed by atoms with van der Waals surface area (Å²) in [5.74, 6) is 0.830. The molecule has 1 aliphatic carbocycles. The molecular weight excluding hydrogens is 260 g/mol. The summed E-state index contributed by atoms with van der Waals surface area (Å²) in [6, 6.07) is 9.31. The third kappa shape index (κ3) is 3.70. The summed E-state index contributed by atoms with van der Waals surface area (Å²) >= 11 is 0. The highest BCUT2D eigenvalue weighted by Crippen LogP contribution is 2.31. The fraction of sp³-hybridized carbons (Fsp3) is 0.667. The first-order valence-corrected chi connectivity index (χ1v) is 8.53. The first-order chi connectivity index (χ1) is 10.3. The van der Waals surface area contributed by atoms with E-state index in [0.717, 1.165) is 32.2 Å². The summed E-state index contributed by atoms with van der Waals surface area (Å²) in [7, 11) is 0. The zero-order valence-corrected chi connectivity index (χ0v) is 13.2. The molecule has 1 unspecified atom stereocenters. The maximum absolute atomic E-state index is 5.48. The molecule has 116 valence electrons. The van der Waals surface area contributed by atoms with Crippen molar-refractivity contribution in [3.8, 4) is 0 Å². The van der Waals surface area contributed by atoms with E-state index in [2.05, 4.69) is 41.4 Å². The van der Waals surface area contributed by atoms with Crippen molar-refractivity contribution in [1.29, 1.82) is 0 Å². The van der Waals surface area contributed by atoms with Crippen molar-refractivity contribution >= 4 is 11.4 Å². The number of morpholine rings is 1. The molecule has 3 rings (SSSR count). The molecule has 3 heteroatoms. The Morgan fingerprint density at radius 1 is 1.10 bits per heavy atom. The van der Waals surface area contributed by atoms with Crippen LogP contribution in [0.3, 0.4) is 0 Å². The molecule has 0 aromatic heterocycles. The number of anilines is 2. The number of rotatable bonds is 4. The molecule has 1 aromatic rings. The Morgan fingerprint density at radius 3 is 2.57 bits per heavy atom. The molecule has 0 spiro atoms. The van der Waals surface area contributed by atoms with Crippen LogP contribution in [0.1, 0.15) is 39.0 Å². The molecule has 3 nitrogen and oxygen atoms in total. The standard InChI is InChI=1S/C18H28N2O/c1-15(16-7-3-2-4-8-16)19-17-9-5-6-10-18(17)20-11-13-21-14-12-20/h5-6,9-10,15-16,19H,2-4,7-8,11-14H2,1H3. The van der Waals surface area contributed by atoms with Gasteiger partial charge in [0.1, 0.15) is 0 Å². The van der Waals surface area contributed by atoms with Gasteiger partial charge in [0.15, 0.2) is 0 Å². The van der Waals surface area contributed by atoms with Gasteiger partial charge in [0.2, 0.25) is 0 Å². The topological polar surface area (TPSA) is 24.5 Å². The highest BCUT2D eigenvalue weighted by Gasteiger charge is 2.21. The lowest BCUT2D eigenvalue weighted by Gasteiger charge is -2.33. The second kappa shape index (κ2) is 7.17. The van der Waals surface area contributed by atoms with Gasteiger partial charge in [-0.3, -0.25) is 0 Å².